The first-order chi connectivity index (χ1) is 8.29. The first-order valence-electron chi connectivity index (χ1n) is 5.31. The molecule has 1 aromatic heterocycles. The van der Waals surface area contributed by atoms with E-state index < -0.39 is 0 Å². The average molecular weight is 227 g/mol. The summed E-state index contributed by atoms with van der Waals surface area (Å²) in [6.45, 7) is 0.474. The third kappa shape index (κ3) is 2.89. The number of nitrogens with zero attached hydrogens (tertiary/aromatic N) is 1. The number of pyridine rings is 1. The van der Waals surface area contributed by atoms with Gasteiger partial charge in [-0.3, -0.25) is 4.79 Å². The van der Waals surface area contributed by atoms with Crippen LogP contribution in [0.25, 0.3) is 0 Å². The van der Waals surface area contributed by atoms with E-state index in [9.17, 15) is 4.79 Å². The second-order valence-corrected chi connectivity index (χ2v) is 3.57. The fourth-order valence-electron chi connectivity index (χ4n) is 1.42. The van der Waals surface area contributed by atoms with Gasteiger partial charge in [-0.25, -0.2) is 4.98 Å². The predicted octanol–water partition coefficient (Wildman–Crippen LogP) is 1.79. The normalized spacial score (nSPS) is 9.94. The number of nitrogens with two attached hydrogens (primary N) is 1. The molecule has 1 amide bonds. The Labute approximate surface area is 99.5 Å². The smallest absolute Gasteiger partial charge is 0.256 e. The maximum Gasteiger partial charge on any atom is 0.256 e. The molecule has 0 fully saturated rings. The molecule has 0 atom stereocenters. The SMILES string of the molecule is NCc1ccc(C(=O)Nc2ccccn2)cc1. The second kappa shape index (κ2) is 5.23. The molecule has 0 aliphatic heterocycles. The van der Waals surface area contributed by atoms with Crippen LogP contribution in [0.2, 0.25) is 0 Å². The number of rotatable bonds is 3. The Morgan fingerprint density at radius 2 is 1.94 bits per heavy atom. The van der Waals surface area contributed by atoms with E-state index in [0.29, 0.717) is 17.9 Å². The van der Waals surface area contributed by atoms with Crippen LogP contribution < -0.4 is 11.1 Å². The zero-order valence-corrected chi connectivity index (χ0v) is 9.26. The molecule has 1 aromatic carbocycles. The lowest BCUT2D eigenvalue weighted by molar-refractivity contribution is 0.102. The molecule has 4 heteroatoms. The minimum Gasteiger partial charge on any atom is -0.326 e. The highest BCUT2D eigenvalue weighted by atomic mass is 16.1. The Kier molecular flexibility index (Phi) is 3.47. The van der Waals surface area contributed by atoms with Gasteiger partial charge in [0.05, 0.1) is 0 Å². The van der Waals surface area contributed by atoms with Crippen molar-refractivity contribution in [2.45, 2.75) is 6.54 Å². The van der Waals surface area contributed by atoms with Gasteiger partial charge >= 0.3 is 0 Å². The molecule has 1 heterocycles. The molecule has 0 spiro atoms. The van der Waals surface area contributed by atoms with E-state index in [4.69, 9.17) is 5.73 Å². The van der Waals surface area contributed by atoms with Crippen LogP contribution in [0.15, 0.2) is 48.7 Å². The Balaban J connectivity index is 2.09. The van der Waals surface area contributed by atoms with Crippen LogP contribution in [0.3, 0.4) is 0 Å². The number of hydrogen-bond donors (Lipinski definition) is 2. The Morgan fingerprint density at radius 1 is 1.18 bits per heavy atom. The van der Waals surface area contributed by atoms with Gasteiger partial charge in [0.2, 0.25) is 0 Å². The molecule has 0 aliphatic carbocycles. The van der Waals surface area contributed by atoms with Crippen molar-refractivity contribution in [3.63, 3.8) is 0 Å². The largest absolute Gasteiger partial charge is 0.326 e. The first kappa shape index (κ1) is 11.3. The summed E-state index contributed by atoms with van der Waals surface area (Å²) in [4.78, 5) is 15.9. The van der Waals surface area contributed by atoms with Crippen molar-refractivity contribution >= 4 is 11.7 Å². The number of benzene rings is 1. The fraction of sp³-hybridized carbons (Fsp3) is 0.0769. The topological polar surface area (TPSA) is 68.0 Å². The number of hydrogen-bond acceptors (Lipinski definition) is 3. The highest BCUT2D eigenvalue weighted by Crippen LogP contribution is 2.07. The summed E-state index contributed by atoms with van der Waals surface area (Å²) >= 11 is 0. The Hall–Kier alpha value is -2.20. The van der Waals surface area contributed by atoms with Gasteiger partial charge in [-0.15, -0.1) is 0 Å². The summed E-state index contributed by atoms with van der Waals surface area (Å²) in [6.07, 6.45) is 1.63. The van der Waals surface area contributed by atoms with E-state index >= 15 is 0 Å². The highest BCUT2D eigenvalue weighted by molar-refractivity contribution is 6.03. The highest BCUT2D eigenvalue weighted by Gasteiger charge is 2.05. The van der Waals surface area contributed by atoms with E-state index in [0.717, 1.165) is 5.56 Å². The molecule has 0 bridgehead atoms. The zero-order valence-electron chi connectivity index (χ0n) is 9.26. The number of nitrogens with one attached hydrogen (secondary N) is 1. The molecule has 86 valence electrons. The first-order valence-corrected chi connectivity index (χ1v) is 5.31. The molecule has 0 aliphatic rings. The summed E-state index contributed by atoms with van der Waals surface area (Å²) in [5.41, 5.74) is 7.08. The number of aromatic nitrogens is 1. The summed E-state index contributed by atoms with van der Waals surface area (Å²) in [5.74, 6) is 0.368. The predicted molar refractivity (Wildman–Crippen MR) is 66.5 cm³/mol. The molecule has 4 nitrogen and oxygen atoms in total. The van der Waals surface area contributed by atoms with Gasteiger partial charge < -0.3 is 11.1 Å². The lowest BCUT2D eigenvalue weighted by Crippen LogP contribution is -2.12. The van der Waals surface area contributed by atoms with E-state index in [2.05, 4.69) is 10.3 Å². The summed E-state index contributed by atoms with van der Waals surface area (Å²) < 4.78 is 0. The van der Waals surface area contributed by atoms with E-state index in [1.807, 2.05) is 18.2 Å². The van der Waals surface area contributed by atoms with Crippen molar-refractivity contribution in [3.05, 3.63) is 59.8 Å². The average Bonchev–Trinajstić information content (AvgIpc) is 2.40. The molecule has 2 aromatic rings. The maximum absolute atomic E-state index is 11.8. The summed E-state index contributed by atoms with van der Waals surface area (Å²) in [6, 6.07) is 12.5. The molecule has 0 radical (unpaired) electrons. The van der Waals surface area contributed by atoms with E-state index in [1.165, 1.54) is 0 Å². The maximum atomic E-state index is 11.8. The van der Waals surface area contributed by atoms with Gasteiger partial charge in [0.1, 0.15) is 5.82 Å². The van der Waals surface area contributed by atoms with Crippen LogP contribution in [0.1, 0.15) is 15.9 Å². The zero-order chi connectivity index (χ0) is 12.1. The van der Waals surface area contributed by atoms with E-state index in [1.54, 1.807) is 30.5 Å². The van der Waals surface area contributed by atoms with Crippen molar-refractivity contribution in [1.82, 2.24) is 4.98 Å². The molecule has 2 rings (SSSR count). The Morgan fingerprint density at radius 3 is 2.53 bits per heavy atom. The van der Waals surface area contributed by atoms with Crippen molar-refractivity contribution in [2.24, 2.45) is 5.73 Å². The standard InChI is InChI=1S/C13H13N3O/c14-9-10-4-6-11(7-5-10)13(17)16-12-3-1-2-8-15-12/h1-8H,9,14H2,(H,15,16,17). The minimum absolute atomic E-state index is 0.174. The lowest BCUT2D eigenvalue weighted by atomic mass is 10.1. The molecule has 17 heavy (non-hydrogen) atoms. The van der Waals surface area contributed by atoms with Crippen molar-refractivity contribution < 1.29 is 4.79 Å². The van der Waals surface area contributed by atoms with Crippen molar-refractivity contribution in [1.29, 1.82) is 0 Å². The van der Waals surface area contributed by atoms with Gasteiger partial charge in [-0.05, 0) is 29.8 Å². The second-order valence-electron chi connectivity index (χ2n) is 3.57. The molecular formula is C13H13N3O. The van der Waals surface area contributed by atoms with Crippen LogP contribution >= 0.6 is 0 Å². The summed E-state index contributed by atoms with van der Waals surface area (Å²) in [7, 11) is 0. The number of carbonyl (C=O) groups excluding carboxylic acids is 1. The monoisotopic (exact) mass is 227 g/mol. The quantitative estimate of drug-likeness (QED) is 0.840. The van der Waals surface area contributed by atoms with Crippen LogP contribution in [0.5, 0.6) is 0 Å². The van der Waals surface area contributed by atoms with Crippen molar-refractivity contribution in [3.8, 4) is 0 Å². The van der Waals surface area contributed by atoms with E-state index in [-0.39, 0.29) is 5.91 Å². The van der Waals surface area contributed by atoms with Crippen LogP contribution in [-0.2, 0) is 6.54 Å². The molecule has 0 unspecified atom stereocenters. The number of anilines is 1. The van der Waals surface area contributed by atoms with Gasteiger partial charge in [0.15, 0.2) is 0 Å². The third-order valence-electron chi connectivity index (χ3n) is 2.36. The number of amides is 1. The van der Waals surface area contributed by atoms with Gasteiger partial charge in [-0.1, -0.05) is 18.2 Å². The van der Waals surface area contributed by atoms with Crippen molar-refractivity contribution in [2.75, 3.05) is 5.32 Å². The molecule has 0 saturated carbocycles. The number of carbonyl (C=O) groups is 1. The van der Waals surface area contributed by atoms with Crippen LogP contribution in [-0.4, -0.2) is 10.9 Å². The van der Waals surface area contributed by atoms with Crippen LogP contribution in [0, 0.1) is 0 Å². The molecule has 3 N–H and O–H groups in total. The Bertz CT molecular complexity index is 494. The molecule has 0 saturated heterocycles. The third-order valence-corrected chi connectivity index (χ3v) is 2.36. The van der Waals surface area contributed by atoms with Crippen LogP contribution in [0.4, 0.5) is 5.82 Å². The molecular weight excluding hydrogens is 214 g/mol. The fourth-order valence-corrected chi connectivity index (χ4v) is 1.42. The van der Waals surface area contributed by atoms with Gasteiger partial charge in [-0.2, -0.15) is 0 Å². The lowest BCUT2D eigenvalue weighted by Gasteiger charge is -2.04. The van der Waals surface area contributed by atoms with Gasteiger partial charge in [0, 0.05) is 18.3 Å². The summed E-state index contributed by atoms with van der Waals surface area (Å²) in [5, 5.41) is 2.71. The van der Waals surface area contributed by atoms with Gasteiger partial charge in [0.25, 0.3) is 5.91 Å². The minimum atomic E-state index is -0.174.